The highest BCUT2D eigenvalue weighted by atomic mass is 35.5. The summed E-state index contributed by atoms with van der Waals surface area (Å²) < 4.78 is 0. The molecule has 0 saturated carbocycles. The summed E-state index contributed by atoms with van der Waals surface area (Å²) in [5.41, 5.74) is 4.77. The lowest BCUT2D eigenvalue weighted by atomic mass is 9.84. The van der Waals surface area contributed by atoms with Gasteiger partial charge < -0.3 is 4.90 Å². The average Bonchev–Trinajstić information content (AvgIpc) is 3.15. The first-order valence-corrected chi connectivity index (χ1v) is 8.85. The quantitative estimate of drug-likeness (QED) is 0.615. The highest BCUT2D eigenvalue weighted by molar-refractivity contribution is 6.38. The van der Waals surface area contributed by atoms with Crippen LogP contribution >= 0.6 is 11.6 Å². The predicted molar refractivity (Wildman–Crippen MR) is 96.1 cm³/mol. The van der Waals surface area contributed by atoms with E-state index in [0.29, 0.717) is 5.56 Å². The maximum atomic E-state index is 13.3. The molecule has 0 radical (unpaired) electrons. The van der Waals surface area contributed by atoms with Gasteiger partial charge in [-0.1, -0.05) is 35.9 Å². The van der Waals surface area contributed by atoms with E-state index in [4.69, 9.17) is 11.6 Å². The lowest BCUT2D eigenvalue weighted by molar-refractivity contribution is 0.105. The van der Waals surface area contributed by atoms with E-state index < -0.39 is 0 Å². The van der Waals surface area contributed by atoms with Crippen molar-refractivity contribution in [1.82, 2.24) is 9.88 Å². The molecule has 0 atom stereocenters. The van der Waals surface area contributed by atoms with Gasteiger partial charge in [0, 0.05) is 30.6 Å². The Hall–Kier alpha value is -2.13. The molecule has 4 rings (SSSR count). The van der Waals surface area contributed by atoms with Gasteiger partial charge in [-0.05, 0) is 48.9 Å². The highest BCUT2D eigenvalue weighted by Crippen LogP contribution is 2.37. The number of allylic oxidation sites excluding steroid dienone is 2. The van der Waals surface area contributed by atoms with Gasteiger partial charge in [-0.2, -0.15) is 0 Å². The number of carbonyl (C=O) groups excluding carboxylic acids is 1. The first-order valence-electron chi connectivity index (χ1n) is 8.47. The number of pyridine rings is 1. The summed E-state index contributed by atoms with van der Waals surface area (Å²) >= 11 is 6.20. The van der Waals surface area contributed by atoms with Crippen molar-refractivity contribution in [3.63, 3.8) is 0 Å². The Bertz CT molecular complexity index is 822. The largest absolute Gasteiger partial charge is 0.374 e. The second-order valence-corrected chi connectivity index (χ2v) is 6.70. The Morgan fingerprint density at radius 2 is 1.83 bits per heavy atom. The van der Waals surface area contributed by atoms with Crippen molar-refractivity contribution in [2.45, 2.75) is 25.7 Å². The van der Waals surface area contributed by atoms with Gasteiger partial charge in [-0.3, -0.25) is 4.79 Å². The minimum Gasteiger partial charge on any atom is -0.374 e. The molecule has 1 aromatic carbocycles. The zero-order valence-electron chi connectivity index (χ0n) is 13.5. The third-order valence-corrected chi connectivity index (χ3v) is 5.23. The van der Waals surface area contributed by atoms with Crippen molar-refractivity contribution >= 4 is 23.0 Å². The number of benzene rings is 1. The van der Waals surface area contributed by atoms with Gasteiger partial charge in [0.15, 0.2) is 5.78 Å². The molecule has 2 heterocycles. The molecule has 0 spiro atoms. The second kappa shape index (κ2) is 6.40. The van der Waals surface area contributed by atoms with Crippen LogP contribution in [-0.4, -0.2) is 28.8 Å². The summed E-state index contributed by atoms with van der Waals surface area (Å²) in [6, 6.07) is 11.8. The predicted octanol–water partition coefficient (Wildman–Crippen LogP) is 4.37. The van der Waals surface area contributed by atoms with Crippen molar-refractivity contribution in [2.75, 3.05) is 13.1 Å². The molecule has 2 aliphatic rings. The van der Waals surface area contributed by atoms with E-state index in [1.807, 2.05) is 12.1 Å². The number of fused-ring (bicyclic) bond motifs is 1. The normalized spacial score (nSPS) is 17.1. The third kappa shape index (κ3) is 2.63. The monoisotopic (exact) mass is 338 g/mol. The van der Waals surface area contributed by atoms with Crippen LogP contribution in [0.2, 0.25) is 5.15 Å². The summed E-state index contributed by atoms with van der Waals surface area (Å²) in [7, 11) is 0. The molecule has 0 unspecified atom stereocenters. The molecular weight excluding hydrogens is 320 g/mol. The zero-order valence-corrected chi connectivity index (χ0v) is 14.2. The number of halogens is 1. The number of hydrogen-bond donors (Lipinski definition) is 0. The summed E-state index contributed by atoms with van der Waals surface area (Å²) in [6.07, 6.45) is 5.90. The molecule has 1 aromatic heterocycles. The van der Waals surface area contributed by atoms with E-state index in [0.717, 1.165) is 37.1 Å². The molecule has 1 fully saturated rings. The summed E-state index contributed by atoms with van der Waals surface area (Å²) in [6.45, 7) is 2.07. The van der Waals surface area contributed by atoms with Crippen LogP contribution in [0.4, 0.5) is 0 Å². The smallest absolute Gasteiger partial charge is 0.198 e. The Morgan fingerprint density at radius 3 is 2.62 bits per heavy atom. The Morgan fingerprint density at radius 1 is 1.04 bits per heavy atom. The van der Waals surface area contributed by atoms with Gasteiger partial charge in [0.05, 0.1) is 5.56 Å². The molecule has 0 bridgehead atoms. The number of likely N-dealkylation sites (tertiary alicyclic amines) is 1. The fourth-order valence-corrected chi connectivity index (χ4v) is 3.97. The molecule has 1 aliphatic carbocycles. The van der Waals surface area contributed by atoms with Crippen LogP contribution in [0, 0.1) is 0 Å². The van der Waals surface area contributed by atoms with E-state index in [1.165, 1.54) is 24.1 Å². The van der Waals surface area contributed by atoms with Gasteiger partial charge in [-0.25, -0.2) is 4.98 Å². The molecule has 1 saturated heterocycles. The number of carbonyl (C=O) groups is 1. The lowest BCUT2D eigenvalue weighted by Crippen LogP contribution is -2.25. The van der Waals surface area contributed by atoms with Crippen LogP contribution in [0.15, 0.2) is 48.3 Å². The van der Waals surface area contributed by atoms with Gasteiger partial charge in [0.2, 0.25) is 0 Å². The molecule has 3 nitrogen and oxygen atoms in total. The van der Waals surface area contributed by atoms with E-state index >= 15 is 0 Å². The maximum Gasteiger partial charge on any atom is 0.198 e. The summed E-state index contributed by atoms with van der Waals surface area (Å²) in [5.74, 6) is -0.0119. The molecule has 1 aliphatic heterocycles. The number of rotatable bonds is 3. The highest BCUT2D eigenvalue weighted by Gasteiger charge is 2.30. The van der Waals surface area contributed by atoms with Gasteiger partial charge in [0.25, 0.3) is 0 Å². The average molecular weight is 339 g/mol. The van der Waals surface area contributed by atoms with Crippen molar-refractivity contribution in [2.24, 2.45) is 0 Å². The van der Waals surface area contributed by atoms with Crippen molar-refractivity contribution in [3.05, 3.63) is 70.1 Å². The number of ketones is 1. The number of Topliss-reactive ketones (excluding diaryl/α,β-unsaturated/α-hetero) is 1. The third-order valence-electron chi connectivity index (χ3n) is 4.92. The summed E-state index contributed by atoms with van der Waals surface area (Å²) in [5, 5.41) is 0.277. The van der Waals surface area contributed by atoms with Gasteiger partial charge in [-0.15, -0.1) is 0 Å². The number of aryl methyl sites for hydroxylation is 1. The fourth-order valence-electron chi connectivity index (χ4n) is 3.76. The molecule has 122 valence electrons. The van der Waals surface area contributed by atoms with Crippen molar-refractivity contribution in [1.29, 1.82) is 0 Å². The van der Waals surface area contributed by atoms with Gasteiger partial charge >= 0.3 is 0 Å². The molecule has 24 heavy (non-hydrogen) atoms. The lowest BCUT2D eigenvalue weighted by Gasteiger charge is -2.30. The van der Waals surface area contributed by atoms with Crippen LogP contribution in [0.5, 0.6) is 0 Å². The minimum atomic E-state index is -0.0119. The fraction of sp³-hybridized carbons (Fsp3) is 0.300. The molecule has 0 amide bonds. The van der Waals surface area contributed by atoms with E-state index in [2.05, 4.69) is 22.0 Å². The van der Waals surface area contributed by atoms with Crippen LogP contribution in [0.1, 0.15) is 40.7 Å². The van der Waals surface area contributed by atoms with Crippen LogP contribution in [0.25, 0.3) is 5.57 Å². The standard InChI is InChI=1S/C20H19ClN2O/c21-20-16(8-5-11-22-20)19(24)18-15-7-2-1-6-14(15)9-10-17(18)23-12-3-4-13-23/h1-2,5-8,11H,3-4,9-10,12-13H2. The maximum absolute atomic E-state index is 13.3. The van der Waals surface area contributed by atoms with Crippen molar-refractivity contribution < 1.29 is 4.79 Å². The van der Waals surface area contributed by atoms with E-state index in [-0.39, 0.29) is 10.9 Å². The molecule has 2 aromatic rings. The number of hydrogen-bond acceptors (Lipinski definition) is 3. The molecule has 0 N–H and O–H groups in total. The van der Waals surface area contributed by atoms with E-state index in [1.54, 1.807) is 18.3 Å². The van der Waals surface area contributed by atoms with Crippen LogP contribution < -0.4 is 0 Å². The SMILES string of the molecule is O=C(C1=C(N2CCCC2)CCc2ccccc21)c1cccnc1Cl. The minimum absolute atomic E-state index is 0.0119. The Kier molecular flexibility index (Phi) is 4.11. The first-order chi connectivity index (χ1) is 11.8. The Balaban J connectivity index is 1.88. The number of aromatic nitrogens is 1. The Labute approximate surface area is 147 Å². The van der Waals surface area contributed by atoms with E-state index in [9.17, 15) is 4.79 Å². The first kappa shape index (κ1) is 15.4. The topological polar surface area (TPSA) is 33.2 Å². The molecule has 4 heteroatoms. The molecular formula is C20H19ClN2O. The number of nitrogens with zero attached hydrogens (tertiary/aromatic N) is 2. The second-order valence-electron chi connectivity index (χ2n) is 6.34. The van der Waals surface area contributed by atoms with Crippen LogP contribution in [0.3, 0.4) is 0 Å². The zero-order chi connectivity index (χ0) is 16.5. The summed E-state index contributed by atoms with van der Waals surface area (Å²) in [4.78, 5) is 19.8. The van der Waals surface area contributed by atoms with Gasteiger partial charge in [0.1, 0.15) is 5.15 Å². The van der Waals surface area contributed by atoms with Crippen molar-refractivity contribution in [3.8, 4) is 0 Å². The van der Waals surface area contributed by atoms with Crippen LogP contribution in [-0.2, 0) is 6.42 Å².